The van der Waals surface area contributed by atoms with E-state index in [-0.39, 0.29) is 45.5 Å². The molecule has 0 unspecified atom stereocenters. The zero-order valence-electron chi connectivity index (χ0n) is 13.8. The SMILES string of the molecule is COc1cc(O)c(C(C)=O)cc1-c1c(OC)ccc(C(C)=O)c1O. The number of phenols is 2. The van der Waals surface area contributed by atoms with Crippen LogP contribution in [-0.2, 0) is 0 Å². The number of carbonyl (C=O) groups excluding carboxylic acids is 2. The summed E-state index contributed by atoms with van der Waals surface area (Å²) >= 11 is 0. The minimum atomic E-state index is -0.349. The second-order valence-corrected chi connectivity index (χ2v) is 5.22. The maximum atomic E-state index is 11.7. The summed E-state index contributed by atoms with van der Waals surface area (Å²) in [6, 6.07) is 5.69. The molecule has 0 aliphatic carbocycles. The first-order valence-corrected chi connectivity index (χ1v) is 7.15. The summed E-state index contributed by atoms with van der Waals surface area (Å²) in [4.78, 5) is 23.4. The van der Waals surface area contributed by atoms with Crippen LogP contribution in [0.1, 0.15) is 34.6 Å². The van der Waals surface area contributed by atoms with Crippen LogP contribution in [-0.4, -0.2) is 36.0 Å². The van der Waals surface area contributed by atoms with Gasteiger partial charge in [0.15, 0.2) is 11.6 Å². The van der Waals surface area contributed by atoms with Crippen LogP contribution in [0.2, 0.25) is 0 Å². The smallest absolute Gasteiger partial charge is 0.163 e. The third-order valence-corrected chi connectivity index (χ3v) is 3.71. The Balaban J connectivity index is 2.89. The van der Waals surface area contributed by atoms with Crippen LogP contribution in [0.15, 0.2) is 24.3 Å². The van der Waals surface area contributed by atoms with E-state index in [0.29, 0.717) is 11.3 Å². The highest BCUT2D eigenvalue weighted by molar-refractivity contribution is 6.02. The first kappa shape index (κ1) is 17.3. The number of methoxy groups -OCH3 is 2. The average molecular weight is 330 g/mol. The summed E-state index contributed by atoms with van der Waals surface area (Å²) in [6.45, 7) is 2.65. The maximum absolute atomic E-state index is 11.7. The van der Waals surface area contributed by atoms with Crippen molar-refractivity contribution in [3.05, 3.63) is 35.4 Å². The molecule has 2 N–H and O–H groups in total. The van der Waals surface area contributed by atoms with Crippen molar-refractivity contribution in [2.24, 2.45) is 0 Å². The molecule has 0 atom stereocenters. The fraction of sp³-hybridized carbons (Fsp3) is 0.222. The second-order valence-electron chi connectivity index (χ2n) is 5.22. The molecule has 0 spiro atoms. The highest BCUT2D eigenvalue weighted by Crippen LogP contribution is 2.46. The van der Waals surface area contributed by atoms with Crippen molar-refractivity contribution in [1.82, 2.24) is 0 Å². The van der Waals surface area contributed by atoms with Crippen molar-refractivity contribution < 1.29 is 29.3 Å². The highest BCUT2D eigenvalue weighted by Gasteiger charge is 2.23. The molecule has 0 aliphatic heterocycles. The second kappa shape index (κ2) is 6.62. The lowest BCUT2D eigenvalue weighted by molar-refractivity contribution is 0.100. The summed E-state index contributed by atoms with van der Waals surface area (Å²) in [5.74, 6) is -0.647. The summed E-state index contributed by atoms with van der Waals surface area (Å²) in [6.07, 6.45) is 0. The van der Waals surface area contributed by atoms with E-state index in [1.807, 2.05) is 0 Å². The van der Waals surface area contributed by atoms with E-state index in [1.165, 1.54) is 46.3 Å². The summed E-state index contributed by atoms with van der Waals surface area (Å²) < 4.78 is 10.5. The fourth-order valence-electron chi connectivity index (χ4n) is 2.50. The van der Waals surface area contributed by atoms with Gasteiger partial charge in [0.1, 0.15) is 23.0 Å². The van der Waals surface area contributed by atoms with Gasteiger partial charge in [0.25, 0.3) is 0 Å². The summed E-state index contributed by atoms with van der Waals surface area (Å²) in [5, 5.41) is 20.5. The highest BCUT2D eigenvalue weighted by atomic mass is 16.5. The zero-order chi connectivity index (χ0) is 18.0. The van der Waals surface area contributed by atoms with Crippen molar-refractivity contribution in [3.63, 3.8) is 0 Å². The number of hydrogen-bond acceptors (Lipinski definition) is 6. The van der Waals surface area contributed by atoms with Gasteiger partial charge in [-0.05, 0) is 32.0 Å². The number of benzene rings is 2. The molecule has 0 fully saturated rings. The van der Waals surface area contributed by atoms with Gasteiger partial charge in [-0.15, -0.1) is 0 Å². The van der Waals surface area contributed by atoms with Crippen LogP contribution in [0.5, 0.6) is 23.0 Å². The van der Waals surface area contributed by atoms with Gasteiger partial charge in [0.05, 0.1) is 30.9 Å². The molecule has 6 nitrogen and oxygen atoms in total. The maximum Gasteiger partial charge on any atom is 0.163 e. The Hall–Kier alpha value is -3.02. The lowest BCUT2D eigenvalue weighted by Gasteiger charge is -2.17. The first-order valence-electron chi connectivity index (χ1n) is 7.15. The van der Waals surface area contributed by atoms with E-state index in [2.05, 4.69) is 0 Å². The number of ketones is 2. The minimum Gasteiger partial charge on any atom is -0.507 e. The molecule has 2 aromatic rings. The number of aromatic hydroxyl groups is 2. The van der Waals surface area contributed by atoms with Gasteiger partial charge in [0, 0.05) is 11.6 Å². The monoisotopic (exact) mass is 330 g/mol. The van der Waals surface area contributed by atoms with E-state index in [1.54, 1.807) is 6.07 Å². The Bertz CT molecular complexity index is 823. The molecule has 2 rings (SSSR count). The van der Waals surface area contributed by atoms with Crippen molar-refractivity contribution in [2.75, 3.05) is 14.2 Å². The lowest BCUT2D eigenvalue weighted by atomic mass is 9.95. The van der Waals surface area contributed by atoms with Crippen LogP contribution < -0.4 is 9.47 Å². The Morgan fingerprint density at radius 3 is 1.96 bits per heavy atom. The molecule has 0 aliphatic rings. The van der Waals surface area contributed by atoms with Gasteiger partial charge in [-0.25, -0.2) is 0 Å². The molecule has 0 aromatic heterocycles. The molecule has 0 radical (unpaired) electrons. The predicted octanol–water partition coefficient (Wildman–Crippen LogP) is 3.19. The minimum absolute atomic E-state index is 0.0699. The van der Waals surface area contributed by atoms with Crippen LogP contribution in [0.3, 0.4) is 0 Å². The third-order valence-electron chi connectivity index (χ3n) is 3.71. The molecule has 0 amide bonds. The molecule has 2 aromatic carbocycles. The van der Waals surface area contributed by atoms with Crippen molar-refractivity contribution >= 4 is 11.6 Å². The topological polar surface area (TPSA) is 93.1 Å². The number of phenolic OH excluding ortho intramolecular Hbond substituents is 2. The number of carbonyl (C=O) groups is 2. The van der Waals surface area contributed by atoms with E-state index in [9.17, 15) is 19.8 Å². The number of ether oxygens (including phenoxy) is 2. The standard InChI is InChI=1S/C18H18O6/c1-9(19)11-5-6-15(23-3)17(18(11)22)13-7-12(10(2)20)14(21)8-16(13)24-4/h5-8,21-22H,1-4H3. The number of rotatable bonds is 5. The molecule has 126 valence electrons. The molecular weight excluding hydrogens is 312 g/mol. The molecular formula is C18H18O6. The van der Waals surface area contributed by atoms with Crippen molar-refractivity contribution in [2.45, 2.75) is 13.8 Å². The van der Waals surface area contributed by atoms with Gasteiger partial charge in [-0.1, -0.05) is 0 Å². The molecule has 0 saturated heterocycles. The van der Waals surface area contributed by atoms with Crippen molar-refractivity contribution in [1.29, 1.82) is 0 Å². The normalized spacial score (nSPS) is 10.3. The van der Waals surface area contributed by atoms with Gasteiger partial charge < -0.3 is 19.7 Å². The average Bonchev–Trinajstić information content (AvgIpc) is 2.53. The van der Waals surface area contributed by atoms with E-state index in [0.717, 1.165) is 0 Å². The van der Waals surface area contributed by atoms with Crippen LogP contribution in [0.25, 0.3) is 11.1 Å². The molecule has 0 bridgehead atoms. The van der Waals surface area contributed by atoms with Gasteiger partial charge in [-0.3, -0.25) is 9.59 Å². The van der Waals surface area contributed by atoms with Gasteiger partial charge >= 0.3 is 0 Å². The third kappa shape index (κ3) is 2.90. The van der Waals surface area contributed by atoms with Crippen LogP contribution in [0.4, 0.5) is 0 Å². The zero-order valence-corrected chi connectivity index (χ0v) is 13.8. The fourth-order valence-corrected chi connectivity index (χ4v) is 2.50. The largest absolute Gasteiger partial charge is 0.507 e. The van der Waals surface area contributed by atoms with E-state index >= 15 is 0 Å². The Kier molecular flexibility index (Phi) is 4.78. The predicted molar refractivity (Wildman–Crippen MR) is 88.3 cm³/mol. The Morgan fingerprint density at radius 1 is 0.875 bits per heavy atom. The Morgan fingerprint density at radius 2 is 1.46 bits per heavy atom. The molecule has 0 heterocycles. The van der Waals surface area contributed by atoms with Crippen LogP contribution in [0, 0.1) is 0 Å². The Labute approximate surface area is 139 Å². The molecule has 6 heteroatoms. The lowest BCUT2D eigenvalue weighted by Crippen LogP contribution is -2.00. The number of Topliss-reactive ketones (excluding diaryl/α,β-unsaturated/α-hetero) is 2. The van der Waals surface area contributed by atoms with Crippen LogP contribution >= 0.6 is 0 Å². The van der Waals surface area contributed by atoms with E-state index < -0.39 is 0 Å². The molecule has 24 heavy (non-hydrogen) atoms. The summed E-state index contributed by atoms with van der Waals surface area (Å²) in [7, 11) is 2.81. The van der Waals surface area contributed by atoms with Gasteiger partial charge in [-0.2, -0.15) is 0 Å². The number of hydrogen-bond donors (Lipinski definition) is 2. The summed E-state index contributed by atoms with van der Waals surface area (Å²) in [5.41, 5.74) is 0.730. The van der Waals surface area contributed by atoms with Gasteiger partial charge in [0.2, 0.25) is 0 Å². The molecule has 0 saturated carbocycles. The quantitative estimate of drug-likeness (QED) is 0.818. The van der Waals surface area contributed by atoms with E-state index in [4.69, 9.17) is 9.47 Å². The first-order chi connectivity index (χ1) is 11.3. The van der Waals surface area contributed by atoms with Crippen molar-refractivity contribution in [3.8, 4) is 34.1 Å².